The predicted molar refractivity (Wildman–Crippen MR) is 126 cm³/mol. The maximum absolute atomic E-state index is 14.9. The molecule has 0 amide bonds. The number of sulfonamides is 1. The number of aromatic nitrogens is 1. The third-order valence-electron chi connectivity index (χ3n) is 4.79. The van der Waals surface area contributed by atoms with Gasteiger partial charge in [-0.3, -0.25) is 14.4 Å². The van der Waals surface area contributed by atoms with Crippen LogP contribution in [0.2, 0.25) is 0 Å². The summed E-state index contributed by atoms with van der Waals surface area (Å²) < 4.78 is 62.1. The smallest absolute Gasteiger partial charge is 0.290 e. The summed E-state index contributed by atoms with van der Waals surface area (Å²) in [6, 6.07) is 10.9. The molecule has 1 saturated heterocycles. The van der Waals surface area contributed by atoms with Gasteiger partial charge in [0.2, 0.25) is 0 Å². The Balaban J connectivity index is 0.00000103. The van der Waals surface area contributed by atoms with Gasteiger partial charge in [-0.15, -0.1) is 11.3 Å². The SMILES string of the molecule is O=CO.O=S(=O)(Nc1cscn1)c1c(F)cc(O[C@H]2CCN(Cc3ccccc3)C2)c(Br)c1F. The predicted octanol–water partition coefficient (Wildman–Crippen LogP) is 4.34. The number of benzene rings is 2. The average Bonchev–Trinajstić information content (AvgIpc) is 3.45. The Morgan fingerprint density at radius 1 is 1.32 bits per heavy atom. The number of anilines is 1. The van der Waals surface area contributed by atoms with E-state index in [1.807, 2.05) is 30.3 Å². The Labute approximate surface area is 207 Å². The average molecular weight is 576 g/mol. The summed E-state index contributed by atoms with van der Waals surface area (Å²) >= 11 is 4.17. The van der Waals surface area contributed by atoms with E-state index in [1.165, 1.54) is 16.5 Å². The zero-order valence-electron chi connectivity index (χ0n) is 17.5. The van der Waals surface area contributed by atoms with Crippen molar-refractivity contribution in [1.29, 1.82) is 0 Å². The van der Waals surface area contributed by atoms with Gasteiger partial charge in [-0.1, -0.05) is 30.3 Å². The lowest BCUT2D eigenvalue weighted by Crippen LogP contribution is -2.25. The molecule has 0 aliphatic carbocycles. The molecule has 0 unspecified atom stereocenters. The number of nitrogens with zero attached hydrogens (tertiary/aromatic N) is 2. The van der Waals surface area contributed by atoms with E-state index in [-0.39, 0.29) is 28.6 Å². The summed E-state index contributed by atoms with van der Waals surface area (Å²) in [6.45, 7) is 1.88. The lowest BCUT2D eigenvalue weighted by atomic mass is 10.2. The first-order valence-electron chi connectivity index (χ1n) is 9.84. The van der Waals surface area contributed by atoms with Crippen LogP contribution >= 0.6 is 27.3 Å². The van der Waals surface area contributed by atoms with Gasteiger partial charge < -0.3 is 9.84 Å². The molecule has 1 aliphatic heterocycles. The highest BCUT2D eigenvalue weighted by Gasteiger charge is 2.31. The third-order valence-corrected chi connectivity index (χ3v) is 7.51. The van der Waals surface area contributed by atoms with Crippen LogP contribution in [0.3, 0.4) is 0 Å². The Kier molecular flexibility index (Phi) is 8.94. The van der Waals surface area contributed by atoms with Crippen molar-refractivity contribution in [2.24, 2.45) is 0 Å². The summed E-state index contributed by atoms with van der Waals surface area (Å²) in [7, 11) is -4.50. The highest BCUT2D eigenvalue weighted by atomic mass is 79.9. The molecule has 0 bridgehead atoms. The number of carbonyl (C=O) groups is 1. The van der Waals surface area contributed by atoms with Crippen LogP contribution in [-0.2, 0) is 21.4 Å². The molecule has 2 heterocycles. The molecule has 1 aliphatic rings. The molecular formula is C21H20BrF2N3O5S2. The van der Waals surface area contributed by atoms with E-state index in [0.29, 0.717) is 13.0 Å². The molecule has 0 spiro atoms. The minimum absolute atomic E-state index is 0.00953. The number of halogens is 3. The maximum Gasteiger partial charge on any atom is 0.290 e. The Morgan fingerprint density at radius 2 is 2.03 bits per heavy atom. The molecule has 3 aromatic rings. The van der Waals surface area contributed by atoms with Crippen LogP contribution < -0.4 is 9.46 Å². The number of thiazole rings is 1. The van der Waals surface area contributed by atoms with E-state index in [2.05, 4.69) is 30.5 Å². The molecule has 1 fully saturated rings. The van der Waals surface area contributed by atoms with Gasteiger partial charge in [0.15, 0.2) is 22.3 Å². The fourth-order valence-corrected chi connectivity index (χ4v) is 5.64. The Morgan fingerprint density at radius 3 is 2.68 bits per heavy atom. The molecule has 2 aromatic carbocycles. The first kappa shape index (κ1) is 26.0. The van der Waals surface area contributed by atoms with E-state index in [9.17, 15) is 17.2 Å². The largest absolute Gasteiger partial charge is 0.488 e. The van der Waals surface area contributed by atoms with Crippen molar-refractivity contribution >= 4 is 49.6 Å². The van der Waals surface area contributed by atoms with Gasteiger partial charge in [-0.25, -0.2) is 22.2 Å². The van der Waals surface area contributed by atoms with Crippen molar-refractivity contribution in [1.82, 2.24) is 9.88 Å². The second-order valence-electron chi connectivity index (χ2n) is 7.15. The number of carboxylic acid groups (broad SMARTS) is 1. The Bertz CT molecular complexity index is 1210. The number of hydrogen-bond acceptors (Lipinski definition) is 7. The first-order chi connectivity index (χ1) is 16.2. The van der Waals surface area contributed by atoms with Gasteiger partial charge in [0, 0.05) is 31.1 Å². The molecule has 182 valence electrons. The van der Waals surface area contributed by atoms with Crippen molar-refractivity contribution in [2.75, 3.05) is 17.8 Å². The number of hydrogen-bond donors (Lipinski definition) is 2. The minimum Gasteiger partial charge on any atom is -0.488 e. The molecule has 0 radical (unpaired) electrons. The summed E-state index contributed by atoms with van der Waals surface area (Å²) in [5, 5.41) is 8.31. The lowest BCUT2D eigenvalue weighted by Gasteiger charge is -2.18. The second-order valence-corrected chi connectivity index (χ2v) is 10.3. The zero-order valence-corrected chi connectivity index (χ0v) is 20.7. The van der Waals surface area contributed by atoms with Crippen LogP contribution in [0.5, 0.6) is 5.75 Å². The normalized spacial score (nSPS) is 15.9. The van der Waals surface area contributed by atoms with Crippen LogP contribution in [0.1, 0.15) is 12.0 Å². The van der Waals surface area contributed by atoms with Crippen molar-refractivity contribution in [3.05, 3.63) is 69.0 Å². The van der Waals surface area contributed by atoms with Crippen LogP contribution in [0.25, 0.3) is 0 Å². The lowest BCUT2D eigenvalue weighted by molar-refractivity contribution is -0.122. The molecule has 13 heteroatoms. The number of ether oxygens (including phenoxy) is 1. The quantitative estimate of drug-likeness (QED) is 0.318. The molecule has 0 saturated carbocycles. The van der Waals surface area contributed by atoms with Gasteiger partial charge >= 0.3 is 0 Å². The molecular weight excluding hydrogens is 556 g/mol. The van der Waals surface area contributed by atoms with Gasteiger partial charge in [0.1, 0.15) is 11.9 Å². The third kappa shape index (κ3) is 6.50. The van der Waals surface area contributed by atoms with Crippen LogP contribution in [0, 0.1) is 11.6 Å². The van der Waals surface area contributed by atoms with E-state index < -0.39 is 26.6 Å². The van der Waals surface area contributed by atoms with Gasteiger partial charge in [-0.2, -0.15) is 0 Å². The van der Waals surface area contributed by atoms with Crippen LogP contribution in [0.15, 0.2) is 56.7 Å². The standard InChI is InChI=1S/C20H18BrF2N3O3S2.CH2O2/c21-18-16(29-14-6-7-26(10-14)9-13-4-2-1-3-5-13)8-15(22)20(19(18)23)31(27,28)25-17-11-30-12-24-17;2-1-3/h1-5,8,11-12,14,25H,6-7,9-10H2;1H,(H,2,3)/t14-;/m0./s1. The van der Waals surface area contributed by atoms with E-state index in [4.69, 9.17) is 14.6 Å². The monoisotopic (exact) mass is 575 g/mol. The van der Waals surface area contributed by atoms with E-state index >= 15 is 0 Å². The molecule has 2 N–H and O–H groups in total. The van der Waals surface area contributed by atoms with Crippen molar-refractivity contribution in [3.8, 4) is 5.75 Å². The molecule has 8 nitrogen and oxygen atoms in total. The Hall–Kier alpha value is -2.61. The highest BCUT2D eigenvalue weighted by molar-refractivity contribution is 9.10. The number of nitrogens with one attached hydrogen (secondary N) is 1. The fourth-order valence-electron chi connectivity index (χ4n) is 3.40. The number of likely N-dealkylation sites (tertiary alicyclic amines) is 1. The first-order valence-corrected chi connectivity index (χ1v) is 13.1. The van der Waals surface area contributed by atoms with E-state index in [1.54, 1.807) is 0 Å². The highest BCUT2D eigenvalue weighted by Crippen LogP contribution is 2.36. The summed E-state index contributed by atoms with van der Waals surface area (Å²) in [6.07, 6.45) is 0.419. The minimum atomic E-state index is -4.50. The van der Waals surface area contributed by atoms with Gasteiger partial charge in [0.05, 0.1) is 9.98 Å². The van der Waals surface area contributed by atoms with Gasteiger partial charge in [-0.05, 0) is 27.9 Å². The molecule has 4 rings (SSSR count). The topological polar surface area (TPSA) is 109 Å². The summed E-state index contributed by atoms with van der Waals surface area (Å²) in [4.78, 5) is 13.2. The molecule has 1 atom stereocenters. The summed E-state index contributed by atoms with van der Waals surface area (Å²) in [5.74, 6) is -2.58. The van der Waals surface area contributed by atoms with Crippen LogP contribution in [0.4, 0.5) is 14.6 Å². The molecule has 1 aromatic heterocycles. The van der Waals surface area contributed by atoms with Crippen LogP contribution in [-0.4, -0.2) is 49.1 Å². The fraction of sp³-hybridized carbons (Fsp3) is 0.238. The van der Waals surface area contributed by atoms with Crippen molar-refractivity contribution in [3.63, 3.8) is 0 Å². The number of rotatable bonds is 7. The zero-order chi connectivity index (χ0) is 24.7. The van der Waals surface area contributed by atoms with Crippen molar-refractivity contribution in [2.45, 2.75) is 24.0 Å². The maximum atomic E-state index is 14.9. The van der Waals surface area contributed by atoms with Crippen molar-refractivity contribution < 1.29 is 31.8 Å². The van der Waals surface area contributed by atoms with Gasteiger partial charge in [0.25, 0.3) is 16.5 Å². The summed E-state index contributed by atoms with van der Waals surface area (Å²) in [5.41, 5.74) is 2.57. The van der Waals surface area contributed by atoms with E-state index in [0.717, 1.165) is 30.5 Å². The molecule has 34 heavy (non-hydrogen) atoms. The second kappa shape index (κ2) is 11.7.